The van der Waals surface area contributed by atoms with Crippen LogP contribution in [0.4, 0.5) is 0 Å². The first-order valence-corrected chi connectivity index (χ1v) is 4.97. The van der Waals surface area contributed by atoms with Crippen molar-refractivity contribution in [3.8, 4) is 0 Å². The number of aliphatic imine (C=N–C) groups is 1. The van der Waals surface area contributed by atoms with E-state index in [1.54, 1.807) is 0 Å². The topological polar surface area (TPSA) is 91.3 Å². The fourth-order valence-electron chi connectivity index (χ4n) is 1.21. The summed E-state index contributed by atoms with van der Waals surface area (Å²) in [5.41, 5.74) is 5.43. The van der Waals surface area contributed by atoms with Crippen molar-refractivity contribution in [2.75, 3.05) is 13.1 Å². The first-order valence-electron chi connectivity index (χ1n) is 4.97. The molecular formula is C9H12N6O. The van der Waals surface area contributed by atoms with Gasteiger partial charge in [0.2, 0.25) is 5.96 Å². The van der Waals surface area contributed by atoms with E-state index in [4.69, 9.17) is 0 Å². The van der Waals surface area contributed by atoms with Gasteiger partial charge in [0.25, 0.3) is 5.91 Å². The van der Waals surface area contributed by atoms with E-state index >= 15 is 0 Å². The number of carbonyl (C=O) groups is 1. The number of hydrogen-bond acceptors (Lipinski definition) is 6. The molecule has 0 bridgehead atoms. The van der Waals surface area contributed by atoms with Gasteiger partial charge in [-0.3, -0.25) is 25.6 Å². The molecule has 0 saturated heterocycles. The van der Waals surface area contributed by atoms with E-state index in [-0.39, 0.29) is 11.6 Å². The Labute approximate surface area is 92.4 Å². The van der Waals surface area contributed by atoms with E-state index in [0.717, 1.165) is 19.5 Å². The molecule has 0 saturated carbocycles. The van der Waals surface area contributed by atoms with Gasteiger partial charge in [-0.1, -0.05) is 0 Å². The fourth-order valence-corrected chi connectivity index (χ4v) is 1.21. The summed E-state index contributed by atoms with van der Waals surface area (Å²) in [5.74, 6) is 0.228. The second-order valence-corrected chi connectivity index (χ2v) is 3.18. The number of hydrazine groups is 1. The molecular weight excluding hydrogens is 208 g/mol. The Balaban J connectivity index is 1.86. The highest BCUT2D eigenvalue weighted by atomic mass is 16.2. The van der Waals surface area contributed by atoms with Crippen molar-refractivity contribution in [2.24, 2.45) is 4.99 Å². The molecule has 0 atom stereocenters. The Kier molecular flexibility index (Phi) is 3.27. The normalized spacial score (nSPS) is 14.6. The molecule has 1 amide bonds. The smallest absolute Gasteiger partial charge is 0.289 e. The zero-order valence-electron chi connectivity index (χ0n) is 8.60. The summed E-state index contributed by atoms with van der Waals surface area (Å²) >= 11 is 0. The highest BCUT2D eigenvalue weighted by Gasteiger charge is 2.08. The third kappa shape index (κ3) is 2.66. The molecule has 1 aromatic heterocycles. The second kappa shape index (κ2) is 5.06. The molecule has 0 unspecified atom stereocenters. The number of rotatable bonds is 1. The molecule has 0 aliphatic carbocycles. The highest BCUT2D eigenvalue weighted by Crippen LogP contribution is 1.89. The average Bonchev–Trinajstić information content (AvgIpc) is 2.38. The first kappa shape index (κ1) is 10.3. The summed E-state index contributed by atoms with van der Waals surface area (Å²) in [7, 11) is 0. The Morgan fingerprint density at radius 3 is 3.06 bits per heavy atom. The van der Waals surface area contributed by atoms with E-state index < -0.39 is 0 Å². The lowest BCUT2D eigenvalue weighted by Crippen LogP contribution is -2.49. The molecule has 84 valence electrons. The second-order valence-electron chi connectivity index (χ2n) is 3.18. The molecule has 1 aliphatic heterocycles. The van der Waals surface area contributed by atoms with Crippen molar-refractivity contribution >= 4 is 11.9 Å². The maximum atomic E-state index is 11.5. The summed E-state index contributed by atoms with van der Waals surface area (Å²) in [5, 5.41) is 3.01. The monoisotopic (exact) mass is 220 g/mol. The Morgan fingerprint density at radius 1 is 1.44 bits per heavy atom. The lowest BCUT2D eigenvalue weighted by Gasteiger charge is -2.15. The van der Waals surface area contributed by atoms with Crippen LogP contribution in [-0.2, 0) is 0 Å². The van der Waals surface area contributed by atoms with Crippen LogP contribution in [0.15, 0.2) is 23.6 Å². The van der Waals surface area contributed by atoms with Crippen molar-refractivity contribution in [1.29, 1.82) is 0 Å². The summed E-state index contributed by atoms with van der Waals surface area (Å²) in [6.45, 7) is 1.61. The van der Waals surface area contributed by atoms with Crippen LogP contribution in [0.3, 0.4) is 0 Å². The molecule has 16 heavy (non-hydrogen) atoms. The molecule has 2 heterocycles. The van der Waals surface area contributed by atoms with Gasteiger partial charge in [0.05, 0.1) is 6.20 Å². The van der Waals surface area contributed by atoms with Gasteiger partial charge >= 0.3 is 0 Å². The zero-order chi connectivity index (χ0) is 11.2. The van der Waals surface area contributed by atoms with Crippen LogP contribution in [0.25, 0.3) is 0 Å². The molecule has 3 N–H and O–H groups in total. The molecule has 0 spiro atoms. The summed E-state index contributed by atoms with van der Waals surface area (Å²) in [4.78, 5) is 23.3. The highest BCUT2D eigenvalue weighted by molar-refractivity contribution is 5.93. The van der Waals surface area contributed by atoms with Crippen LogP contribution >= 0.6 is 0 Å². The molecule has 7 heteroatoms. The van der Waals surface area contributed by atoms with Crippen LogP contribution in [0.1, 0.15) is 16.9 Å². The van der Waals surface area contributed by atoms with Gasteiger partial charge in [-0.25, -0.2) is 4.98 Å². The van der Waals surface area contributed by atoms with Crippen molar-refractivity contribution < 1.29 is 4.79 Å². The predicted molar refractivity (Wildman–Crippen MR) is 57.6 cm³/mol. The van der Waals surface area contributed by atoms with Gasteiger partial charge in [0, 0.05) is 25.5 Å². The van der Waals surface area contributed by atoms with E-state index in [2.05, 4.69) is 31.1 Å². The van der Waals surface area contributed by atoms with Crippen LogP contribution in [0.2, 0.25) is 0 Å². The number of hydrogen-bond donors (Lipinski definition) is 3. The number of nitrogens with one attached hydrogen (secondary N) is 3. The van der Waals surface area contributed by atoms with E-state index in [1.165, 1.54) is 18.6 Å². The first-order chi connectivity index (χ1) is 7.86. The number of guanidine groups is 1. The summed E-state index contributed by atoms with van der Waals surface area (Å²) in [6.07, 6.45) is 5.37. The van der Waals surface area contributed by atoms with Gasteiger partial charge in [-0.2, -0.15) is 0 Å². The zero-order valence-corrected chi connectivity index (χ0v) is 8.60. The minimum atomic E-state index is -0.344. The molecule has 0 radical (unpaired) electrons. The third-order valence-electron chi connectivity index (χ3n) is 1.99. The maximum Gasteiger partial charge on any atom is 0.289 e. The number of nitrogens with zero attached hydrogens (tertiary/aromatic N) is 3. The Hall–Kier alpha value is -2.18. The standard InChI is InChI=1S/C9H12N6O/c16-8(7-6-10-4-5-11-7)14-15-9-12-2-1-3-13-9/h4-6H,1-3H2,(H,14,16)(H2,12,13,15). The van der Waals surface area contributed by atoms with Crippen molar-refractivity contribution in [2.45, 2.75) is 6.42 Å². The van der Waals surface area contributed by atoms with Crippen LogP contribution in [0, 0.1) is 0 Å². The average molecular weight is 220 g/mol. The molecule has 2 rings (SSSR count). The fraction of sp³-hybridized carbons (Fsp3) is 0.333. The molecule has 1 aliphatic rings. The van der Waals surface area contributed by atoms with Crippen LogP contribution in [0.5, 0.6) is 0 Å². The number of amides is 1. The van der Waals surface area contributed by atoms with Gasteiger partial charge in [-0.15, -0.1) is 0 Å². The Bertz CT molecular complexity index is 390. The van der Waals surface area contributed by atoms with Crippen LogP contribution in [-0.4, -0.2) is 34.9 Å². The van der Waals surface area contributed by atoms with Gasteiger partial charge in [-0.05, 0) is 6.42 Å². The Morgan fingerprint density at radius 2 is 2.38 bits per heavy atom. The number of carbonyl (C=O) groups excluding carboxylic acids is 1. The molecule has 0 fully saturated rings. The lowest BCUT2D eigenvalue weighted by molar-refractivity contribution is 0.0937. The van der Waals surface area contributed by atoms with E-state index in [0.29, 0.717) is 5.96 Å². The summed E-state index contributed by atoms with van der Waals surface area (Å²) in [6, 6.07) is 0. The van der Waals surface area contributed by atoms with E-state index in [9.17, 15) is 4.79 Å². The quantitative estimate of drug-likeness (QED) is 0.531. The molecule has 7 nitrogen and oxygen atoms in total. The van der Waals surface area contributed by atoms with Gasteiger partial charge < -0.3 is 5.32 Å². The molecule has 1 aromatic rings. The predicted octanol–water partition coefficient (Wildman–Crippen LogP) is -0.940. The largest absolute Gasteiger partial charge is 0.355 e. The van der Waals surface area contributed by atoms with Gasteiger partial charge in [0.15, 0.2) is 0 Å². The molecule has 0 aromatic carbocycles. The SMILES string of the molecule is O=C(NNC1=NCCCN1)c1cnccn1. The van der Waals surface area contributed by atoms with Crippen LogP contribution < -0.4 is 16.2 Å². The summed E-state index contributed by atoms with van der Waals surface area (Å²) < 4.78 is 0. The van der Waals surface area contributed by atoms with E-state index in [1.807, 2.05) is 0 Å². The van der Waals surface area contributed by atoms with Crippen molar-refractivity contribution in [1.82, 2.24) is 26.1 Å². The van der Waals surface area contributed by atoms with Crippen molar-refractivity contribution in [3.05, 3.63) is 24.3 Å². The lowest BCUT2D eigenvalue weighted by atomic mass is 10.4. The minimum absolute atomic E-state index is 0.256. The maximum absolute atomic E-state index is 11.5. The minimum Gasteiger partial charge on any atom is -0.355 e. The van der Waals surface area contributed by atoms with Gasteiger partial charge in [0.1, 0.15) is 5.69 Å². The number of aromatic nitrogens is 2. The van der Waals surface area contributed by atoms with Crippen molar-refractivity contribution in [3.63, 3.8) is 0 Å². The third-order valence-corrected chi connectivity index (χ3v) is 1.99.